The second-order valence-electron chi connectivity index (χ2n) is 7.08. The van der Waals surface area contributed by atoms with Crippen molar-refractivity contribution >= 4 is 27.7 Å². The van der Waals surface area contributed by atoms with Crippen LogP contribution in [0, 0.1) is 6.92 Å². The van der Waals surface area contributed by atoms with Crippen molar-refractivity contribution in [3.63, 3.8) is 0 Å². The average molecular weight is 461 g/mol. The Hall–Kier alpha value is -2.34. The number of benzene rings is 2. The van der Waals surface area contributed by atoms with Gasteiger partial charge >= 0.3 is 0 Å². The summed E-state index contributed by atoms with van der Waals surface area (Å²) < 4.78 is 6.62. The summed E-state index contributed by atoms with van der Waals surface area (Å²) in [5, 5.41) is 2.91. The monoisotopic (exact) mass is 460 g/mol. The van der Waals surface area contributed by atoms with E-state index in [1.54, 1.807) is 11.8 Å². The molecule has 29 heavy (non-hydrogen) atoms. The standard InChI is InChI=1S/C23H29BrN2O3/c1-4-5-12-25-23(28)18(3)26(15-19-9-7-10-20(24)14-19)22(27)16-29-21-11-6-8-17(2)13-21/h6-11,13-14,18H,4-5,12,15-16H2,1-3H3,(H,25,28)/t18-/m0/s1. The number of nitrogens with zero attached hydrogens (tertiary/aromatic N) is 1. The van der Waals surface area contributed by atoms with Gasteiger partial charge in [0, 0.05) is 17.6 Å². The molecule has 156 valence electrons. The van der Waals surface area contributed by atoms with E-state index in [-0.39, 0.29) is 18.4 Å². The molecule has 2 amide bonds. The van der Waals surface area contributed by atoms with Crippen molar-refractivity contribution in [1.82, 2.24) is 10.2 Å². The Morgan fingerprint density at radius 2 is 1.93 bits per heavy atom. The van der Waals surface area contributed by atoms with Crippen molar-refractivity contribution in [2.75, 3.05) is 13.2 Å². The van der Waals surface area contributed by atoms with Gasteiger partial charge < -0.3 is 15.0 Å². The van der Waals surface area contributed by atoms with E-state index in [2.05, 4.69) is 28.2 Å². The molecule has 5 nitrogen and oxygen atoms in total. The third-order valence-electron chi connectivity index (χ3n) is 4.59. The highest BCUT2D eigenvalue weighted by Crippen LogP contribution is 2.17. The van der Waals surface area contributed by atoms with Crippen molar-refractivity contribution in [2.24, 2.45) is 0 Å². The van der Waals surface area contributed by atoms with Crippen LogP contribution in [0.4, 0.5) is 0 Å². The summed E-state index contributed by atoms with van der Waals surface area (Å²) in [5.74, 6) is 0.253. The zero-order valence-electron chi connectivity index (χ0n) is 17.3. The van der Waals surface area contributed by atoms with Gasteiger partial charge in [-0.25, -0.2) is 0 Å². The van der Waals surface area contributed by atoms with Gasteiger partial charge in [0.2, 0.25) is 5.91 Å². The molecule has 0 saturated carbocycles. The van der Waals surface area contributed by atoms with Gasteiger partial charge in [-0.05, 0) is 55.7 Å². The van der Waals surface area contributed by atoms with Crippen LogP contribution in [0.15, 0.2) is 53.0 Å². The average Bonchev–Trinajstić information content (AvgIpc) is 2.70. The number of ether oxygens (including phenoxy) is 1. The predicted molar refractivity (Wildman–Crippen MR) is 119 cm³/mol. The SMILES string of the molecule is CCCCNC(=O)[C@H](C)N(Cc1cccc(Br)c1)C(=O)COc1cccc(C)c1. The fourth-order valence-corrected chi connectivity index (χ4v) is 3.33. The minimum absolute atomic E-state index is 0.121. The number of hydrogen-bond acceptors (Lipinski definition) is 3. The van der Waals surface area contributed by atoms with Crippen LogP contribution in [0.5, 0.6) is 5.75 Å². The fraction of sp³-hybridized carbons (Fsp3) is 0.391. The maximum atomic E-state index is 13.0. The summed E-state index contributed by atoms with van der Waals surface area (Å²) >= 11 is 3.46. The Balaban J connectivity index is 2.11. The van der Waals surface area contributed by atoms with E-state index in [1.807, 2.05) is 55.5 Å². The lowest BCUT2D eigenvalue weighted by molar-refractivity contribution is -0.142. The first kappa shape index (κ1) is 22.9. The zero-order valence-corrected chi connectivity index (χ0v) is 18.9. The summed E-state index contributed by atoms with van der Waals surface area (Å²) in [4.78, 5) is 27.1. The molecule has 0 fully saturated rings. The summed E-state index contributed by atoms with van der Waals surface area (Å²) in [5.41, 5.74) is 2.00. The Kier molecular flexibility index (Phi) is 9.19. The van der Waals surface area contributed by atoms with Gasteiger partial charge in [-0.1, -0.05) is 53.5 Å². The Labute approximate surface area is 181 Å². The number of rotatable bonds is 10. The molecule has 0 unspecified atom stereocenters. The predicted octanol–water partition coefficient (Wildman–Crippen LogP) is 4.47. The van der Waals surface area contributed by atoms with Crippen LogP contribution >= 0.6 is 15.9 Å². The summed E-state index contributed by atoms with van der Waals surface area (Å²) in [6, 6.07) is 14.7. The molecule has 1 N–H and O–H groups in total. The van der Waals surface area contributed by atoms with Crippen LogP contribution in [0.25, 0.3) is 0 Å². The number of halogens is 1. The van der Waals surface area contributed by atoms with Gasteiger partial charge in [-0.15, -0.1) is 0 Å². The molecule has 2 rings (SSSR count). The van der Waals surface area contributed by atoms with E-state index in [1.165, 1.54) is 0 Å². The van der Waals surface area contributed by atoms with Crippen molar-refractivity contribution in [3.05, 3.63) is 64.1 Å². The normalized spacial score (nSPS) is 11.6. The third kappa shape index (κ3) is 7.54. The molecular formula is C23H29BrN2O3. The van der Waals surface area contributed by atoms with Crippen LogP contribution in [-0.4, -0.2) is 35.9 Å². The molecule has 0 spiro atoms. The summed E-state index contributed by atoms with van der Waals surface area (Å²) in [7, 11) is 0. The zero-order chi connectivity index (χ0) is 21.2. The van der Waals surface area contributed by atoms with E-state index in [0.29, 0.717) is 18.8 Å². The molecule has 0 aromatic heterocycles. The fourth-order valence-electron chi connectivity index (χ4n) is 2.88. The lowest BCUT2D eigenvalue weighted by Crippen LogP contribution is -2.49. The van der Waals surface area contributed by atoms with Gasteiger partial charge in [0.25, 0.3) is 5.91 Å². The van der Waals surface area contributed by atoms with Crippen molar-refractivity contribution in [1.29, 1.82) is 0 Å². The van der Waals surface area contributed by atoms with Crippen LogP contribution in [-0.2, 0) is 16.1 Å². The molecule has 6 heteroatoms. The molecule has 2 aromatic rings. The number of carbonyl (C=O) groups is 2. The Bertz CT molecular complexity index is 825. The van der Waals surface area contributed by atoms with E-state index in [0.717, 1.165) is 28.4 Å². The molecule has 0 aliphatic heterocycles. The largest absolute Gasteiger partial charge is 0.484 e. The molecule has 1 atom stereocenters. The molecule has 0 aliphatic carbocycles. The minimum Gasteiger partial charge on any atom is -0.484 e. The lowest BCUT2D eigenvalue weighted by atomic mass is 10.1. The highest BCUT2D eigenvalue weighted by atomic mass is 79.9. The minimum atomic E-state index is -0.598. The van der Waals surface area contributed by atoms with Crippen LogP contribution < -0.4 is 10.1 Å². The Morgan fingerprint density at radius 1 is 1.17 bits per heavy atom. The van der Waals surface area contributed by atoms with Crippen molar-refractivity contribution in [3.8, 4) is 5.75 Å². The van der Waals surface area contributed by atoms with E-state index in [4.69, 9.17) is 4.74 Å². The van der Waals surface area contributed by atoms with Crippen LogP contribution in [0.3, 0.4) is 0 Å². The van der Waals surface area contributed by atoms with E-state index < -0.39 is 6.04 Å². The molecule has 0 bridgehead atoms. The summed E-state index contributed by atoms with van der Waals surface area (Å²) in [6.45, 7) is 6.61. The van der Waals surface area contributed by atoms with E-state index >= 15 is 0 Å². The highest BCUT2D eigenvalue weighted by Gasteiger charge is 2.26. The molecular weight excluding hydrogens is 432 g/mol. The number of hydrogen-bond donors (Lipinski definition) is 1. The topological polar surface area (TPSA) is 58.6 Å². The number of unbranched alkanes of at least 4 members (excludes halogenated alkanes) is 1. The van der Waals surface area contributed by atoms with Gasteiger partial charge in [-0.3, -0.25) is 9.59 Å². The second-order valence-corrected chi connectivity index (χ2v) is 7.99. The molecule has 2 aromatic carbocycles. The molecule has 0 radical (unpaired) electrons. The molecule has 0 heterocycles. The van der Waals surface area contributed by atoms with Crippen LogP contribution in [0.1, 0.15) is 37.8 Å². The summed E-state index contributed by atoms with van der Waals surface area (Å²) in [6.07, 6.45) is 1.91. The molecule has 0 aliphatic rings. The highest BCUT2D eigenvalue weighted by molar-refractivity contribution is 9.10. The quantitative estimate of drug-likeness (QED) is 0.532. The second kappa shape index (κ2) is 11.6. The van der Waals surface area contributed by atoms with E-state index in [9.17, 15) is 9.59 Å². The first-order valence-electron chi connectivity index (χ1n) is 9.91. The molecule has 0 saturated heterocycles. The van der Waals surface area contributed by atoms with Gasteiger partial charge in [0.1, 0.15) is 11.8 Å². The smallest absolute Gasteiger partial charge is 0.261 e. The number of amides is 2. The third-order valence-corrected chi connectivity index (χ3v) is 5.08. The van der Waals surface area contributed by atoms with Gasteiger partial charge in [0.15, 0.2) is 6.61 Å². The maximum absolute atomic E-state index is 13.0. The van der Waals surface area contributed by atoms with Crippen molar-refractivity contribution in [2.45, 2.75) is 46.2 Å². The first-order chi connectivity index (χ1) is 13.9. The number of nitrogens with one attached hydrogen (secondary N) is 1. The lowest BCUT2D eigenvalue weighted by Gasteiger charge is -2.29. The van der Waals surface area contributed by atoms with Gasteiger partial charge in [0.05, 0.1) is 0 Å². The number of aryl methyl sites for hydroxylation is 1. The Morgan fingerprint density at radius 3 is 2.62 bits per heavy atom. The van der Waals surface area contributed by atoms with Crippen molar-refractivity contribution < 1.29 is 14.3 Å². The van der Waals surface area contributed by atoms with Gasteiger partial charge in [-0.2, -0.15) is 0 Å². The first-order valence-corrected chi connectivity index (χ1v) is 10.7. The maximum Gasteiger partial charge on any atom is 0.261 e. The van der Waals surface area contributed by atoms with Crippen LogP contribution in [0.2, 0.25) is 0 Å². The number of carbonyl (C=O) groups excluding carboxylic acids is 2.